The summed E-state index contributed by atoms with van der Waals surface area (Å²) < 4.78 is 5.89. The molecule has 1 fully saturated rings. The van der Waals surface area contributed by atoms with Crippen LogP contribution in [0.15, 0.2) is 12.2 Å². The van der Waals surface area contributed by atoms with Crippen LogP contribution in [0.25, 0.3) is 0 Å². The summed E-state index contributed by atoms with van der Waals surface area (Å²) in [6.07, 6.45) is 18.8. The number of ether oxygens (including phenoxy) is 1. The number of aliphatic carboxylic acids is 1. The van der Waals surface area contributed by atoms with Gasteiger partial charge in [-0.05, 0) is 39.0 Å². The van der Waals surface area contributed by atoms with Gasteiger partial charge in [0.25, 0.3) is 0 Å². The molecular formula is C20H36O3. The van der Waals surface area contributed by atoms with Gasteiger partial charge in [-0.25, -0.2) is 0 Å². The third-order valence-corrected chi connectivity index (χ3v) is 4.90. The molecule has 0 aliphatic carbocycles. The van der Waals surface area contributed by atoms with Gasteiger partial charge in [-0.15, -0.1) is 0 Å². The molecular weight excluding hydrogens is 288 g/mol. The number of carboxylic acids is 1. The first-order chi connectivity index (χ1) is 11.1. The Kier molecular flexibility index (Phi) is 11.1. The van der Waals surface area contributed by atoms with Crippen molar-refractivity contribution in [1.82, 2.24) is 0 Å². The summed E-state index contributed by atoms with van der Waals surface area (Å²) in [6, 6.07) is 0. The van der Waals surface area contributed by atoms with E-state index in [-0.39, 0.29) is 0 Å². The van der Waals surface area contributed by atoms with E-state index in [1.165, 1.54) is 38.5 Å². The van der Waals surface area contributed by atoms with Crippen molar-refractivity contribution in [2.45, 2.75) is 103 Å². The minimum atomic E-state index is -0.674. The SMILES string of the molecule is CCCCC/C=C\CC1C(C)OC1CCCCCCCC(=O)O. The monoisotopic (exact) mass is 324 g/mol. The Morgan fingerprint density at radius 2 is 1.78 bits per heavy atom. The van der Waals surface area contributed by atoms with Crippen LogP contribution in [0, 0.1) is 5.92 Å². The number of rotatable bonds is 14. The maximum atomic E-state index is 10.4. The lowest BCUT2D eigenvalue weighted by Gasteiger charge is -2.43. The van der Waals surface area contributed by atoms with Crippen molar-refractivity contribution >= 4 is 5.97 Å². The Morgan fingerprint density at radius 3 is 2.48 bits per heavy atom. The molecule has 23 heavy (non-hydrogen) atoms. The molecule has 0 amide bonds. The zero-order valence-electron chi connectivity index (χ0n) is 15.1. The van der Waals surface area contributed by atoms with Crippen molar-refractivity contribution in [1.29, 1.82) is 0 Å². The van der Waals surface area contributed by atoms with E-state index in [4.69, 9.17) is 9.84 Å². The summed E-state index contributed by atoms with van der Waals surface area (Å²) in [6.45, 7) is 4.44. The standard InChI is InChI=1S/C20H36O3/c1-3-4-5-6-8-11-14-18-17(2)23-19(18)15-12-9-7-10-13-16-20(21)22/h8,11,17-19H,3-7,9-10,12-16H2,1-2H3,(H,21,22)/b11-8-. The third kappa shape index (κ3) is 9.14. The topological polar surface area (TPSA) is 46.5 Å². The zero-order chi connectivity index (χ0) is 16.9. The minimum absolute atomic E-state index is 0.315. The Hall–Kier alpha value is -0.830. The van der Waals surface area contributed by atoms with Crippen LogP contribution in [-0.2, 0) is 9.53 Å². The highest BCUT2D eigenvalue weighted by Crippen LogP contribution is 2.34. The van der Waals surface area contributed by atoms with Gasteiger partial charge in [-0.3, -0.25) is 4.79 Å². The van der Waals surface area contributed by atoms with Gasteiger partial charge < -0.3 is 9.84 Å². The van der Waals surface area contributed by atoms with Gasteiger partial charge in [-0.2, -0.15) is 0 Å². The molecule has 1 saturated heterocycles. The predicted molar refractivity (Wildman–Crippen MR) is 95.7 cm³/mol. The van der Waals surface area contributed by atoms with Crippen molar-refractivity contribution in [2.24, 2.45) is 5.92 Å². The van der Waals surface area contributed by atoms with Gasteiger partial charge >= 0.3 is 5.97 Å². The van der Waals surface area contributed by atoms with E-state index in [1.54, 1.807) is 0 Å². The molecule has 3 heteroatoms. The van der Waals surface area contributed by atoms with Gasteiger partial charge in [0.15, 0.2) is 0 Å². The molecule has 1 aliphatic rings. The van der Waals surface area contributed by atoms with Gasteiger partial charge in [0, 0.05) is 12.3 Å². The van der Waals surface area contributed by atoms with Crippen molar-refractivity contribution in [3.8, 4) is 0 Å². The molecule has 1 heterocycles. The highest BCUT2D eigenvalue weighted by Gasteiger charge is 2.37. The normalized spacial score (nSPS) is 24.0. The first kappa shape index (κ1) is 20.2. The number of carbonyl (C=O) groups is 1. The minimum Gasteiger partial charge on any atom is -0.481 e. The number of carboxylic acid groups (broad SMARTS) is 1. The van der Waals surface area contributed by atoms with Crippen LogP contribution < -0.4 is 0 Å². The summed E-state index contributed by atoms with van der Waals surface area (Å²) in [4.78, 5) is 10.4. The number of unbranched alkanes of at least 4 members (excludes halogenated alkanes) is 7. The molecule has 1 aliphatic heterocycles. The van der Waals surface area contributed by atoms with Crippen molar-refractivity contribution in [3.05, 3.63) is 12.2 Å². The fraction of sp³-hybridized carbons (Fsp3) is 0.850. The second-order valence-corrected chi connectivity index (χ2v) is 6.95. The molecule has 0 spiro atoms. The van der Waals surface area contributed by atoms with E-state index in [2.05, 4.69) is 26.0 Å². The Morgan fingerprint density at radius 1 is 1.04 bits per heavy atom. The van der Waals surface area contributed by atoms with Crippen molar-refractivity contribution in [2.75, 3.05) is 0 Å². The Balaban J connectivity index is 2.02. The number of hydrogen-bond donors (Lipinski definition) is 1. The van der Waals surface area contributed by atoms with Crippen LogP contribution in [0.2, 0.25) is 0 Å². The van der Waals surface area contributed by atoms with Crippen LogP contribution in [0.3, 0.4) is 0 Å². The van der Waals surface area contributed by atoms with Crippen LogP contribution in [0.1, 0.15) is 90.9 Å². The molecule has 0 saturated carbocycles. The molecule has 3 nitrogen and oxygen atoms in total. The smallest absolute Gasteiger partial charge is 0.303 e. The maximum absolute atomic E-state index is 10.4. The average molecular weight is 325 g/mol. The largest absolute Gasteiger partial charge is 0.481 e. The maximum Gasteiger partial charge on any atom is 0.303 e. The van der Waals surface area contributed by atoms with E-state index in [1.807, 2.05) is 0 Å². The Bertz CT molecular complexity index is 338. The third-order valence-electron chi connectivity index (χ3n) is 4.90. The summed E-state index contributed by atoms with van der Waals surface area (Å²) in [5.41, 5.74) is 0. The van der Waals surface area contributed by atoms with E-state index in [0.717, 1.165) is 32.1 Å². The van der Waals surface area contributed by atoms with Crippen LogP contribution >= 0.6 is 0 Å². The van der Waals surface area contributed by atoms with Gasteiger partial charge in [0.2, 0.25) is 0 Å². The molecule has 134 valence electrons. The molecule has 0 bridgehead atoms. The molecule has 0 aromatic carbocycles. The summed E-state index contributed by atoms with van der Waals surface area (Å²) in [5.74, 6) is 0.0249. The lowest BCUT2D eigenvalue weighted by Crippen LogP contribution is -2.46. The Labute approximate surface area is 142 Å². The van der Waals surface area contributed by atoms with E-state index in [0.29, 0.717) is 24.5 Å². The van der Waals surface area contributed by atoms with Gasteiger partial charge in [-0.1, -0.05) is 57.6 Å². The molecule has 0 aromatic rings. The molecule has 3 atom stereocenters. The molecule has 3 unspecified atom stereocenters. The summed E-state index contributed by atoms with van der Waals surface area (Å²) in [7, 11) is 0. The first-order valence-electron chi connectivity index (χ1n) is 9.67. The van der Waals surface area contributed by atoms with Crippen molar-refractivity contribution in [3.63, 3.8) is 0 Å². The molecule has 0 radical (unpaired) electrons. The highest BCUT2D eigenvalue weighted by molar-refractivity contribution is 5.66. The van der Waals surface area contributed by atoms with Crippen LogP contribution in [-0.4, -0.2) is 23.3 Å². The van der Waals surface area contributed by atoms with Crippen LogP contribution in [0.5, 0.6) is 0 Å². The summed E-state index contributed by atoms with van der Waals surface area (Å²) >= 11 is 0. The second-order valence-electron chi connectivity index (χ2n) is 6.95. The number of hydrogen-bond acceptors (Lipinski definition) is 2. The lowest BCUT2D eigenvalue weighted by molar-refractivity contribution is -0.176. The van der Waals surface area contributed by atoms with Gasteiger partial charge in [0.05, 0.1) is 12.2 Å². The van der Waals surface area contributed by atoms with Gasteiger partial charge in [0.1, 0.15) is 0 Å². The summed E-state index contributed by atoms with van der Waals surface area (Å²) in [5, 5.41) is 8.59. The van der Waals surface area contributed by atoms with Crippen molar-refractivity contribution < 1.29 is 14.6 Å². The number of allylic oxidation sites excluding steroid dienone is 2. The second kappa shape index (κ2) is 12.6. The predicted octanol–water partition coefficient (Wildman–Crippen LogP) is 5.73. The van der Waals surface area contributed by atoms with E-state index in [9.17, 15) is 4.79 Å². The zero-order valence-corrected chi connectivity index (χ0v) is 15.1. The molecule has 0 aromatic heterocycles. The van der Waals surface area contributed by atoms with Crippen LogP contribution in [0.4, 0.5) is 0 Å². The fourth-order valence-corrected chi connectivity index (χ4v) is 3.35. The van der Waals surface area contributed by atoms with E-state index >= 15 is 0 Å². The highest BCUT2D eigenvalue weighted by atomic mass is 16.5. The quantitative estimate of drug-likeness (QED) is 0.328. The average Bonchev–Trinajstić information content (AvgIpc) is 2.51. The lowest BCUT2D eigenvalue weighted by atomic mass is 9.84. The fourth-order valence-electron chi connectivity index (χ4n) is 3.35. The first-order valence-corrected chi connectivity index (χ1v) is 9.67. The molecule has 1 N–H and O–H groups in total. The molecule has 1 rings (SSSR count). The van der Waals surface area contributed by atoms with E-state index < -0.39 is 5.97 Å².